The Balaban J connectivity index is 1.62. The molecule has 1 N–H and O–H groups in total. The van der Waals surface area contributed by atoms with Crippen LogP contribution in [0.2, 0.25) is 0 Å². The lowest BCUT2D eigenvalue weighted by Gasteiger charge is -2.34. The van der Waals surface area contributed by atoms with Gasteiger partial charge in [-0.05, 0) is 45.7 Å². The first-order valence-electron chi connectivity index (χ1n) is 9.77. The molecule has 1 aromatic heterocycles. The molecule has 140 valence electrons. The zero-order valence-corrected chi connectivity index (χ0v) is 16.0. The summed E-state index contributed by atoms with van der Waals surface area (Å²) in [6.45, 7) is 13.5. The maximum Gasteiger partial charge on any atom is 0.274 e. The van der Waals surface area contributed by atoms with E-state index in [1.54, 1.807) is 0 Å². The third-order valence-corrected chi connectivity index (χ3v) is 5.75. The average molecular weight is 348 g/mol. The number of piperidine rings is 1. The van der Waals surface area contributed by atoms with Gasteiger partial charge in [-0.3, -0.25) is 9.89 Å². The van der Waals surface area contributed by atoms with Crippen LogP contribution in [-0.2, 0) is 11.2 Å². The number of carbonyl (C=O) groups is 1. The minimum absolute atomic E-state index is 0.0207. The first kappa shape index (κ1) is 18.4. The standard InChI is InChI=1S/C19H32N4O2/c1-5-22(6-2)12-15-7-9-23(10-8-15)19(24)18-16-11-13(3)25-14(4)17(16)20-21-18/h13-15H,5-12H2,1-4H3,(H,20,21)/t13-,14+/m0/s1. The lowest BCUT2D eigenvalue weighted by Crippen LogP contribution is -2.42. The van der Waals surface area contributed by atoms with E-state index >= 15 is 0 Å². The number of H-pyrrole nitrogens is 1. The number of hydrogen-bond acceptors (Lipinski definition) is 4. The summed E-state index contributed by atoms with van der Waals surface area (Å²) < 4.78 is 5.82. The van der Waals surface area contributed by atoms with Gasteiger partial charge in [-0.25, -0.2) is 0 Å². The van der Waals surface area contributed by atoms with E-state index < -0.39 is 0 Å². The smallest absolute Gasteiger partial charge is 0.274 e. The van der Waals surface area contributed by atoms with Crippen molar-refractivity contribution in [1.82, 2.24) is 20.0 Å². The molecule has 1 aromatic rings. The SMILES string of the molecule is CCN(CC)CC1CCN(C(=O)c2n[nH]c3c2C[C@H](C)O[C@@H]3C)CC1. The van der Waals surface area contributed by atoms with E-state index in [0.717, 1.165) is 63.2 Å². The largest absolute Gasteiger partial charge is 0.369 e. The van der Waals surface area contributed by atoms with Crippen molar-refractivity contribution >= 4 is 5.91 Å². The van der Waals surface area contributed by atoms with Crippen LogP contribution in [0.4, 0.5) is 0 Å². The molecule has 6 nitrogen and oxygen atoms in total. The predicted octanol–water partition coefficient (Wildman–Crippen LogP) is 2.63. The third kappa shape index (κ3) is 3.90. The van der Waals surface area contributed by atoms with E-state index in [1.807, 2.05) is 11.8 Å². The molecule has 0 unspecified atom stereocenters. The molecular formula is C19H32N4O2. The number of hydrogen-bond donors (Lipinski definition) is 1. The monoisotopic (exact) mass is 348 g/mol. The highest BCUT2D eigenvalue weighted by atomic mass is 16.5. The second-order valence-corrected chi connectivity index (χ2v) is 7.48. The molecule has 0 spiro atoms. The van der Waals surface area contributed by atoms with Crippen molar-refractivity contribution in [2.24, 2.45) is 5.92 Å². The number of ether oxygens (including phenoxy) is 1. The number of likely N-dealkylation sites (tertiary alicyclic amines) is 1. The highest BCUT2D eigenvalue weighted by Gasteiger charge is 2.32. The average Bonchev–Trinajstić information content (AvgIpc) is 3.03. The Morgan fingerprint density at radius 1 is 1.28 bits per heavy atom. The molecule has 0 aromatic carbocycles. The van der Waals surface area contributed by atoms with Gasteiger partial charge < -0.3 is 14.5 Å². The fourth-order valence-electron chi connectivity index (χ4n) is 4.17. The van der Waals surface area contributed by atoms with Crippen LogP contribution in [0.1, 0.15) is 68.4 Å². The zero-order chi connectivity index (χ0) is 18.0. The molecule has 2 aliphatic rings. The Morgan fingerprint density at radius 2 is 1.96 bits per heavy atom. The van der Waals surface area contributed by atoms with E-state index in [4.69, 9.17) is 4.74 Å². The summed E-state index contributed by atoms with van der Waals surface area (Å²) >= 11 is 0. The summed E-state index contributed by atoms with van der Waals surface area (Å²) in [5, 5.41) is 7.38. The number of nitrogens with zero attached hydrogens (tertiary/aromatic N) is 3. The fraction of sp³-hybridized carbons (Fsp3) is 0.789. The number of nitrogens with one attached hydrogen (secondary N) is 1. The van der Waals surface area contributed by atoms with Gasteiger partial charge >= 0.3 is 0 Å². The summed E-state index contributed by atoms with van der Waals surface area (Å²) in [6.07, 6.45) is 3.05. The molecule has 2 aliphatic heterocycles. The maximum absolute atomic E-state index is 13.0. The Hall–Kier alpha value is -1.40. The van der Waals surface area contributed by atoms with Crippen molar-refractivity contribution in [3.05, 3.63) is 17.0 Å². The Kier molecular flexibility index (Phi) is 5.79. The van der Waals surface area contributed by atoms with Crippen molar-refractivity contribution in [3.8, 4) is 0 Å². The van der Waals surface area contributed by atoms with Crippen LogP contribution in [0.25, 0.3) is 0 Å². The molecule has 6 heteroatoms. The van der Waals surface area contributed by atoms with Crippen molar-refractivity contribution in [1.29, 1.82) is 0 Å². The number of fused-ring (bicyclic) bond motifs is 1. The molecule has 25 heavy (non-hydrogen) atoms. The summed E-state index contributed by atoms with van der Waals surface area (Å²) in [5.41, 5.74) is 2.64. The fourth-order valence-corrected chi connectivity index (χ4v) is 4.17. The van der Waals surface area contributed by atoms with Gasteiger partial charge in [0.25, 0.3) is 5.91 Å². The van der Waals surface area contributed by atoms with E-state index in [2.05, 4.69) is 35.9 Å². The van der Waals surface area contributed by atoms with Crippen LogP contribution < -0.4 is 0 Å². The summed E-state index contributed by atoms with van der Waals surface area (Å²) in [6, 6.07) is 0. The van der Waals surface area contributed by atoms with Crippen LogP contribution in [-0.4, -0.2) is 64.7 Å². The Morgan fingerprint density at radius 3 is 2.60 bits per heavy atom. The maximum atomic E-state index is 13.0. The van der Waals surface area contributed by atoms with Gasteiger partial charge in [0, 0.05) is 31.6 Å². The van der Waals surface area contributed by atoms with Gasteiger partial charge in [-0.15, -0.1) is 0 Å². The van der Waals surface area contributed by atoms with Gasteiger partial charge in [0.15, 0.2) is 5.69 Å². The molecule has 1 saturated heterocycles. The molecule has 1 amide bonds. The van der Waals surface area contributed by atoms with Crippen molar-refractivity contribution in [2.75, 3.05) is 32.7 Å². The summed E-state index contributed by atoms with van der Waals surface area (Å²) in [7, 11) is 0. The minimum atomic E-state index is -0.0207. The highest BCUT2D eigenvalue weighted by molar-refractivity contribution is 5.94. The third-order valence-electron chi connectivity index (χ3n) is 5.75. The molecule has 0 radical (unpaired) electrons. The number of amides is 1. The molecule has 3 heterocycles. The summed E-state index contributed by atoms with van der Waals surface area (Å²) in [5.74, 6) is 0.783. The molecule has 1 fully saturated rings. The molecule has 3 rings (SSSR count). The number of carbonyl (C=O) groups excluding carboxylic acids is 1. The predicted molar refractivity (Wildman–Crippen MR) is 97.7 cm³/mol. The number of aromatic nitrogens is 2. The van der Waals surface area contributed by atoms with Crippen molar-refractivity contribution in [2.45, 2.75) is 59.2 Å². The zero-order valence-electron chi connectivity index (χ0n) is 16.0. The second-order valence-electron chi connectivity index (χ2n) is 7.48. The molecule has 2 atom stereocenters. The Labute approximate surface area is 150 Å². The molecule has 0 bridgehead atoms. The van der Waals surface area contributed by atoms with Gasteiger partial charge in [0.2, 0.25) is 0 Å². The first-order valence-corrected chi connectivity index (χ1v) is 9.77. The lowest BCUT2D eigenvalue weighted by molar-refractivity contribution is -0.00703. The van der Waals surface area contributed by atoms with Crippen LogP contribution in [0.5, 0.6) is 0 Å². The number of aromatic amines is 1. The normalized spacial score (nSPS) is 24.6. The van der Waals surface area contributed by atoms with Gasteiger partial charge in [-0.1, -0.05) is 13.8 Å². The molecule has 0 aliphatic carbocycles. The van der Waals surface area contributed by atoms with E-state index in [-0.39, 0.29) is 18.1 Å². The van der Waals surface area contributed by atoms with Crippen LogP contribution in [0.3, 0.4) is 0 Å². The topological polar surface area (TPSA) is 61.5 Å². The van der Waals surface area contributed by atoms with Crippen molar-refractivity contribution < 1.29 is 9.53 Å². The van der Waals surface area contributed by atoms with Crippen molar-refractivity contribution in [3.63, 3.8) is 0 Å². The molecule has 0 saturated carbocycles. The van der Waals surface area contributed by atoms with E-state index in [1.165, 1.54) is 0 Å². The lowest BCUT2D eigenvalue weighted by atomic mass is 9.95. The van der Waals surface area contributed by atoms with E-state index in [0.29, 0.717) is 11.6 Å². The van der Waals surface area contributed by atoms with Crippen LogP contribution in [0.15, 0.2) is 0 Å². The second kappa shape index (κ2) is 7.87. The molecular weight excluding hydrogens is 316 g/mol. The van der Waals surface area contributed by atoms with Gasteiger partial charge in [-0.2, -0.15) is 5.10 Å². The van der Waals surface area contributed by atoms with Crippen LogP contribution >= 0.6 is 0 Å². The number of rotatable bonds is 5. The van der Waals surface area contributed by atoms with E-state index in [9.17, 15) is 4.79 Å². The summed E-state index contributed by atoms with van der Waals surface area (Å²) in [4.78, 5) is 17.4. The van der Waals surface area contributed by atoms with Crippen LogP contribution in [0, 0.1) is 5.92 Å². The minimum Gasteiger partial charge on any atom is -0.369 e. The van der Waals surface area contributed by atoms with Gasteiger partial charge in [0.05, 0.1) is 17.9 Å². The van der Waals surface area contributed by atoms with Gasteiger partial charge in [0.1, 0.15) is 0 Å². The first-order chi connectivity index (χ1) is 12.0. The Bertz CT molecular complexity index is 588. The highest BCUT2D eigenvalue weighted by Crippen LogP contribution is 2.31. The quantitative estimate of drug-likeness (QED) is 0.888.